The Morgan fingerprint density at radius 1 is 0.358 bits per heavy atom. The van der Waals surface area contributed by atoms with E-state index in [0.29, 0.717) is 16.8 Å². The summed E-state index contributed by atoms with van der Waals surface area (Å²) in [6, 6.07) is 33.7. The second kappa shape index (κ2) is 12.9. The zero-order valence-corrected chi connectivity index (χ0v) is 27.9. The molecule has 0 atom stereocenters. The average molecular weight is 688 g/mol. The van der Waals surface area contributed by atoms with Crippen LogP contribution in [0.5, 0.6) is 0 Å². The van der Waals surface area contributed by atoms with Gasteiger partial charge in [-0.1, -0.05) is 151 Å². The van der Waals surface area contributed by atoms with Gasteiger partial charge in [0.2, 0.25) is 0 Å². The highest BCUT2D eigenvalue weighted by Crippen LogP contribution is 2.39. The molecule has 0 saturated heterocycles. The number of benzene rings is 8. The summed E-state index contributed by atoms with van der Waals surface area (Å²) in [6.07, 6.45) is 0. The van der Waals surface area contributed by atoms with Crippen LogP contribution in [0.25, 0.3) is 100.0 Å². The molecular formula is C50H32N2O. The van der Waals surface area contributed by atoms with Gasteiger partial charge in [-0.05, 0) is 86.6 Å². The summed E-state index contributed by atoms with van der Waals surface area (Å²) in [5.41, 5.74) is 5.93. The predicted molar refractivity (Wildman–Crippen MR) is 219 cm³/mol. The molecule has 0 fully saturated rings. The Bertz CT molecular complexity index is 3550. The first-order valence-electron chi connectivity index (χ1n) is 22.5. The highest BCUT2D eigenvalue weighted by molar-refractivity contribution is 6.07. The molecule has 0 unspecified atom stereocenters. The quantitative estimate of drug-likeness (QED) is 0.175. The number of hydrogen-bond donors (Lipinski definition) is 0. The van der Waals surface area contributed by atoms with Crippen molar-refractivity contribution in [3.8, 4) is 67.3 Å². The van der Waals surface area contributed by atoms with E-state index in [4.69, 9.17) is 25.4 Å². The van der Waals surface area contributed by atoms with Gasteiger partial charge in [0.15, 0.2) is 5.82 Å². The minimum atomic E-state index is -0.692. The van der Waals surface area contributed by atoms with E-state index in [2.05, 4.69) is 12.1 Å². The number of nitrogens with zero attached hydrogens (tertiary/aromatic N) is 2. The molecule has 10 rings (SSSR count). The van der Waals surface area contributed by atoms with Crippen LogP contribution >= 0.6 is 0 Å². The van der Waals surface area contributed by atoms with Gasteiger partial charge < -0.3 is 4.42 Å². The molecule has 0 aliphatic rings. The Kier molecular flexibility index (Phi) is 5.19. The van der Waals surface area contributed by atoms with Gasteiger partial charge in [0.1, 0.15) is 11.2 Å². The fourth-order valence-electron chi connectivity index (χ4n) is 6.78. The van der Waals surface area contributed by atoms with Crippen LogP contribution in [0.2, 0.25) is 0 Å². The van der Waals surface area contributed by atoms with Crippen molar-refractivity contribution in [1.29, 1.82) is 0 Å². The summed E-state index contributed by atoms with van der Waals surface area (Å²) in [5, 5.41) is 1.46. The van der Waals surface area contributed by atoms with Crippen molar-refractivity contribution in [3.63, 3.8) is 0 Å². The molecule has 3 nitrogen and oxygen atoms in total. The lowest BCUT2D eigenvalue weighted by Gasteiger charge is -2.15. The van der Waals surface area contributed by atoms with Gasteiger partial charge in [0.25, 0.3) is 0 Å². The molecule has 2 aromatic heterocycles. The first kappa shape index (κ1) is 21.3. The molecule has 0 bridgehead atoms. The van der Waals surface area contributed by atoms with Crippen LogP contribution in [-0.4, -0.2) is 9.97 Å². The second-order valence-electron chi connectivity index (χ2n) is 12.6. The van der Waals surface area contributed by atoms with Crippen LogP contribution in [-0.2, 0) is 0 Å². The van der Waals surface area contributed by atoms with Gasteiger partial charge in [0, 0.05) is 27.5 Å². The van der Waals surface area contributed by atoms with Gasteiger partial charge in [-0.25, -0.2) is 9.97 Å². The third-order valence-corrected chi connectivity index (χ3v) is 9.31. The van der Waals surface area contributed by atoms with Crippen LogP contribution in [0.4, 0.5) is 0 Å². The normalized spacial score (nSPS) is 14.3. The summed E-state index contributed by atoms with van der Waals surface area (Å²) >= 11 is 0. The molecule has 248 valence electrons. The average Bonchev–Trinajstić information content (AvgIpc) is 3.71. The number of fused-ring (bicyclic) bond motifs is 4. The Morgan fingerprint density at radius 3 is 1.75 bits per heavy atom. The highest BCUT2D eigenvalue weighted by atomic mass is 16.3. The van der Waals surface area contributed by atoms with E-state index in [1.165, 1.54) is 0 Å². The fourth-order valence-corrected chi connectivity index (χ4v) is 6.78. The highest BCUT2D eigenvalue weighted by Gasteiger charge is 2.17. The van der Waals surface area contributed by atoms with Gasteiger partial charge in [-0.3, -0.25) is 0 Å². The van der Waals surface area contributed by atoms with Gasteiger partial charge >= 0.3 is 0 Å². The third kappa shape index (κ3) is 5.65. The van der Waals surface area contributed by atoms with E-state index in [0.717, 1.165) is 44.2 Å². The summed E-state index contributed by atoms with van der Waals surface area (Å²) in [5.74, 6) is 0.237. The number of para-hydroxylation sites is 1. The SMILES string of the molecule is [2H]c1c([2H])c([2H])c(-c2c([2H])c([2H])c(-c3cc(-c4cc(-c5ccccc5)cc(-c5ccc6oc7ccccc7c6c5)c4)nc(-c4ccccc4)n3)c3c([2H])c([2H])c([2H])c([2H])c23)c([2H])c1[2H]. The fraction of sp³-hybridized carbons (Fsp3) is 0. The summed E-state index contributed by atoms with van der Waals surface area (Å²) < 4.78 is 104. The lowest BCUT2D eigenvalue weighted by molar-refractivity contribution is 0.669. The Labute approximate surface area is 323 Å². The van der Waals surface area contributed by atoms with Crippen molar-refractivity contribution < 1.29 is 19.5 Å². The summed E-state index contributed by atoms with van der Waals surface area (Å²) in [4.78, 5) is 10.0. The first-order valence-corrected chi connectivity index (χ1v) is 17.0. The summed E-state index contributed by atoms with van der Waals surface area (Å²) in [6.45, 7) is 0. The van der Waals surface area contributed by atoms with Crippen molar-refractivity contribution in [2.24, 2.45) is 0 Å². The first-order chi connectivity index (χ1) is 30.8. The zero-order valence-electron chi connectivity index (χ0n) is 38.9. The van der Waals surface area contributed by atoms with Crippen LogP contribution in [0.3, 0.4) is 0 Å². The molecule has 0 N–H and O–H groups in total. The van der Waals surface area contributed by atoms with Crippen molar-refractivity contribution >= 4 is 32.7 Å². The zero-order chi connectivity index (χ0) is 44.7. The third-order valence-electron chi connectivity index (χ3n) is 9.31. The molecule has 0 amide bonds. The molecule has 0 aliphatic heterocycles. The van der Waals surface area contributed by atoms with Crippen LogP contribution in [0.15, 0.2) is 198 Å². The van der Waals surface area contributed by atoms with E-state index in [1.54, 1.807) is 6.07 Å². The minimum absolute atomic E-state index is 0.0722. The molecule has 0 saturated carbocycles. The number of rotatable bonds is 6. The summed E-state index contributed by atoms with van der Waals surface area (Å²) in [7, 11) is 0. The van der Waals surface area contributed by atoms with Crippen molar-refractivity contribution in [2.45, 2.75) is 0 Å². The number of aromatic nitrogens is 2. The molecule has 0 spiro atoms. The smallest absolute Gasteiger partial charge is 0.160 e. The van der Waals surface area contributed by atoms with Crippen molar-refractivity contribution in [3.05, 3.63) is 194 Å². The Hall–Kier alpha value is -7.10. The van der Waals surface area contributed by atoms with Gasteiger partial charge in [-0.2, -0.15) is 0 Å². The maximum atomic E-state index is 9.58. The topological polar surface area (TPSA) is 38.9 Å². The number of furan rings is 1. The monoisotopic (exact) mass is 687 g/mol. The van der Waals surface area contributed by atoms with Gasteiger partial charge in [0.05, 0.1) is 26.5 Å². The maximum absolute atomic E-state index is 9.58. The minimum Gasteiger partial charge on any atom is -0.456 e. The molecule has 0 aliphatic carbocycles. The van der Waals surface area contributed by atoms with E-state index in [1.807, 2.05) is 109 Å². The van der Waals surface area contributed by atoms with Crippen LogP contribution < -0.4 is 0 Å². The standard InChI is InChI=1S/C50H32N2O/c1-4-14-33(15-5-1)37-28-38(36-24-27-49-45(31-36)44-22-12-13-23-48(44)53-49)30-39(29-37)46-32-47(52-50(51-46)35-18-8-3-9-19-35)43-26-25-40(34-16-6-2-7-17-34)41-20-10-11-21-42(41)43/h1-32H/i2D,6D,7D,10D,11D,16D,17D,20D,21D,25D,26D. The molecule has 3 heteroatoms. The van der Waals surface area contributed by atoms with Crippen molar-refractivity contribution in [2.75, 3.05) is 0 Å². The predicted octanol–water partition coefficient (Wildman–Crippen LogP) is 13.5. The largest absolute Gasteiger partial charge is 0.456 e. The van der Waals surface area contributed by atoms with E-state index in [9.17, 15) is 4.11 Å². The Balaban J connectivity index is 1.28. The second-order valence-corrected chi connectivity index (χ2v) is 12.6. The molecule has 2 heterocycles. The number of hydrogen-bond acceptors (Lipinski definition) is 3. The Morgan fingerprint density at radius 2 is 0.962 bits per heavy atom. The van der Waals surface area contributed by atoms with Crippen molar-refractivity contribution in [1.82, 2.24) is 9.97 Å². The van der Waals surface area contributed by atoms with E-state index >= 15 is 0 Å². The van der Waals surface area contributed by atoms with Crippen LogP contribution in [0, 0.1) is 0 Å². The van der Waals surface area contributed by atoms with E-state index in [-0.39, 0.29) is 33.4 Å². The maximum Gasteiger partial charge on any atom is 0.160 e. The lowest BCUT2D eigenvalue weighted by Crippen LogP contribution is -1.97. The molecule has 8 aromatic carbocycles. The molecule has 10 aromatic rings. The molecule has 53 heavy (non-hydrogen) atoms. The van der Waals surface area contributed by atoms with Gasteiger partial charge in [-0.15, -0.1) is 0 Å². The molecule has 0 radical (unpaired) electrons. The van der Waals surface area contributed by atoms with Crippen LogP contribution in [0.1, 0.15) is 15.1 Å². The molecular weight excluding hydrogens is 645 g/mol. The van der Waals surface area contributed by atoms with E-state index < -0.39 is 72.0 Å². The lowest BCUT2D eigenvalue weighted by atomic mass is 9.92.